The molecule has 18 heavy (non-hydrogen) atoms. The number of imidazole rings is 1. The molecule has 100 valence electrons. The second-order valence-corrected chi connectivity index (χ2v) is 5.21. The topological polar surface area (TPSA) is 59.0 Å². The Balaban J connectivity index is 2.00. The smallest absolute Gasteiger partial charge is 0.240 e. The highest BCUT2D eigenvalue weighted by atomic mass is 16.2. The average Bonchev–Trinajstić information content (AvgIpc) is 2.77. The van der Waals surface area contributed by atoms with Crippen LogP contribution in [-0.2, 0) is 11.3 Å². The van der Waals surface area contributed by atoms with Crippen molar-refractivity contribution in [2.75, 3.05) is 13.1 Å². The number of nitrogens with one attached hydrogen (secondary N) is 2. The van der Waals surface area contributed by atoms with Crippen LogP contribution in [0, 0.1) is 0 Å². The lowest BCUT2D eigenvalue weighted by Crippen LogP contribution is -2.34. The summed E-state index contributed by atoms with van der Waals surface area (Å²) in [4.78, 5) is 16.0. The van der Waals surface area contributed by atoms with Gasteiger partial charge in [0.15, 0.2) is 0 Å². The molecule has 2 rings (SSSR count). The van der Waals surface area contributed by atoms with Gasteiger partial charge in [-0.3, -0.25) is 4.79 Å². The maximum Gasteiger partial charge on any atom is 0.240 e. The third kappa shape index (κ3) is 3.32. The Morgan fingerprint density at radius 3 is 3.17 bits per heavy atom. The van der Waals surface area contributed by atoms with Crippen LogP contribution in [0.4, 0.5) is 0 Å². The van der Waals surface area contributed by atoms with Crippen molar-refractivity contribution in [1.29, 1.82) is 0 Å². The third-order valence-electron chi connectivity index (χ3n) is 3.22. The standard InChI is InChI=1S/C13H22N4O/c1-10(2)16-13(18)8-17-9-15-7-12(17)11-4-3-5-14-6-11/h7,9-11,14H,3-6,8H2,1-2H3,(H,16,18). The third-order valence-corrected chi connectivity index (χ3v) is 3.22. The molecule has 0 saturated carbocycles. The number of carbonyl (C=O) groups is 1. The predicted octanol–water partition coefficient (Wildman–Crippen LogP) is 0.875. The van der Waals surface area contributed by atoms with Gasteiger partial charge in [-0.05, 0) is 33.2 Å². The van der Waals surface area contributed by atoms with E-state index >= 15 is 0 Å². The highest BCUT2D eigenvalue weighted by Gasteiger charge is 2.19. The lowest BCUT2D eigenvalue weighted by atomic mass is 9.96. The molecule has 1 amide bonds. The number of hydrogen-bond donors (Lipinski definition) is 2. The van der Waals surface area contributed by atoms with Gasteiger partial charge in [0.05, 0.1) is 6.33 Å². The molecule has 1 aliphatic rings. The van der Waals surface area contributed by atoms with Crippen molar-refractivity contribution in [3.8, 4) is 0 Å². The Morgan fingerprint density at radius 1 is 1.67 bits per heavy atom. The maximum absolute atomic E-state index is 11.8. The summed E-state index contributed by atoms with van der Waals surface area (Å²) in [5.74, 6) is 0.529. The van der Waals surface area contributed by atoms with Gasteiger partial charge in [-0.1, -0.05) is 0 Å². The van der Waals surface area contributed by atoms with Crippen LogP contribution < -0.4 is 10.6 Å². The van der Waals surface area contributed by atoms with Crippen molar-refractivity contribution < 1.29 is 4.79 Å². The normalized spacial score (nSPS) is 20.1. The van der Waals surface area contributed by atoms with Crippen molar-refractivity contribution in [3.63, 3.8) is 0 Å². The van der Waals surface area contributed by atoms with Crippen molar-refractivity contribution in [3.05, 3.63) is 18.2 Å². The highest BCUT2D eigenvalue weighted by molar-refractivity contribution is 5.76. The van der Waals surface area contributed by atoms with E-state index in [0.29, 0.717) is 12.5 Å². The first-order valence-corrected chi connectivity index (χ1v) is 6.67. The van der Waals surface area contributed by atoms with Gasteiger partial charge >= 0.3 is 0 Å². The molecule has 0 bridgehead atoms. The fourth-order valence-corrected chi connectivity index (χ4v) is 2.43. The molecule has 2 heterocycles. The van der Waals surface area contributed by atoms with E-state index in [1.807, 2.05) is 24.6 Å². The molecule has 2 N–H and O–H groups in total. The zero-order valence-electron chi connectivity index (χ0n) is 11.1. The van der Waals surface area contributed by atoms with Crippen molar-refractivity contribution in [2.24, 2.45) is 0 Å². The maximum atomic E-state index is 11.8. The molecule has 1 unspecified atom stereocenters. The van der Waals surface area contributed by atoms with Crippen LogP contribution in [0.25, 0.3) is 0 Å². The minimum atomic E-state index is 0.0491. The van der Waals surface area contributed by atoms with E-state index in [2.05, 4.69) is 15.6 Å². The molecule has 5 heteroatoms. The summed E-state index contributed by atoms with van der Waals surface area (Å²) in [5, 5.41) is 6.30. The first-order chi connectivity index (χ1) is 8.66. The van der Waals surface area contributed by atoms with E-state index in [1.54, 1.807) is 6.33 Å². The first kappa shape index (κ1) is 13.1. The van der Waals surface area contributed by atoms with Gasteiger partial charge < -0.3 is 15.2 Å². The molecule has 5 nitrogen and oxygen atoms in total. The highest BCUT2D eigenvalue weighted by Crippen LogP contribution is 2.22. The molecular formula is C13H22N4O. The predicted molar refractivity (Wildman–Crippen MR) is 70.4 cm³/mol. The fourth-order valence-electron chi connectivity index (χ4n) is 2.43. The molecule has 0 radical (unpaired) electrons. The zero-order valence-corrected chi connectivity index (χ0v) is 11.1. The van der Waals surface area contributed by atoms with Crippen LogP contribution in [-0.4, -0.2) is 34.6 Å². The van der Waals surface area contributed by atoms with Gasteiger partial charge in [-0.25, -0.2) is 4.98 Å². The van der Waals surface area contributed by atoms with E-state index in [0.717, 1.165) is 13.1 Å². The molecule has 1 aromatic heterocycles. The lowest BCUT2D eigenvalue weighted by Gasteiger charge is -2.23. The molecule has 1 fully saturated rings. The quantitative estimate of drug-likeness (QED) is 0.834. The Bertz CT molecular complexity index is 393. The first-order valence-electron chi connectivity index (χ1n) is 6.67. The summed E-state index contributed by atoms with van der Waals surface area (Å²) in [5.41, 5.74) is 1.17. The van der Waals surface area contributed by atoms with Gasteiger partial charge in [0, 0.05) is 30.4 Å². The van der Waals surface area contributed by atoms with Crippen molar-refractivity contribution in [2.45, 2.75) is 45.2 Å². The van der Waals surface area contributed by atoms with E-state index < -0.39 is 0 Å². The molecule has 0 aliphatic carbocycles. The molecule has 1 saturated heterocycles. The Labute approximate surface area is 108 Å². The number of rotatable bonds is 4. The van der Waals surface area contributed by atoms with Gasteiger partial charge in [-0.15, -0.1) is 0 Å². The number of piperidine rings is 1. The number of aromatic nitrogens is 2. The minimum absolute atomic E-state index is 0.0491. The zero-order chi connectivity index (χ0) is 13.0. The number of nitrogens with zero attached hydrogens (tertiary/aromatic N) is 2. The average molecular weight is 250 g/mol. The SMILES string of the molecule is CC(C)NC(=O)Cn1cncc1C1CCCNC1. The molecule has 0 spiro atoms. The van der Waals surface area contributed by atoms with Crippen LogP contribution in [0.15, 0.2) is 12.5 Å². The van der Waals surface area contributed by atoms with Crippen LogP contribution in [0.5, 0.6) is 0 Å². The summed E-state index contributed by atoms with van der Waals surface area (Å²) < 4.78 is 1.97. The minimum Gasteiger partial charge on any atom is -0.352 e. The van der Waals surface area contributed by atoms with E-state index in [4.69, 9.17) is 0 Å². The van der Waals surface area contributed by atoms with E-state index in [-0.39, 0.29) is 11.9 Å². The van der Waals surface area contributed by atoms with Gasteiger partial charge in [0.25, 0.3) is 0 Å². The van der Waals surface area contributed by atoms with Crippen LogP contribution >= 0.6 is 0 Å². The number of hydrogen-bond acceptors (Lipinski definition) is 3. The molecular weight excluding hydrogens is 228 g/mol. The second-order valence-electron chi connectivity index (χ2n) is 5.21. The molecule has 1 aromatic rings. The fraction of sp³-hybridized carbons (Fsp3) is 0.692. The summed E-state index contributed by atoms with van der Waals surface area (Å²) >= 11 is 0. The summed E-state index contributed by atoms with van der Waals surface area (Å²) in [6, 6.07) is 0.181. The Morgan fingerprint density at radius 2 is 2.50 bits per heavy atom. The van der Waals surface area contributed by atoms with Crippen LogP contribution in [0.2, 0.25) is 0 Å². The molecule has 1 atom stereocenters. The second kappa shape index (κ2) is 6.00. The van der Waals surface area contributed by atoms with Crippen molar-refractivity contribution >= 4 is 5.91 Å². The van der Waals surface area contributed by atoms with E-state index in [9.17, 15) is 4.79 Å². The Hall–Kier alpha value is -1.36. The number of carbonyl (C=O) groups excluding carboxylic acids is 1. The largest absolute Gasteiger partial charge is 0.352 e. The summed E-state index contributed by atoms with van der Waals surface area (Å²) in [6.07, 6.45) is 6.00. The van der Waals surface area contributed by atoms with Crippen LogP contribution in [0.3, 0.4) is 0 Å². The van der Waals surface area contributed by atoms with Crippen molar-refractivity contribution in [1.82, 2.24) is 20.2 Å². The molecule has 1 aliphatic heterocycles. The Kier molecular flexibility index (Phi) is 4.36. The summed E-state index contributed by atoms with van der Waals surface area (Å²) in [7, 11) is 0. The van der Waals surface area contributed by atoms with E-state index in [1.165, 1.54) is 18.5 Å². The molecule has 0 aromatic carbocycles. The monoisotopic (exact) mass is 250 g/mol. The van der Waals surface area contributed by atoms with Gasteiger partial charge in [0.1, 0.15) is 6.54 Å². The van der Waals surface area contributed by atoms with Crippen LogP contribution in [0.1, 0.15) is 38.3 Å². The van der Waals surface area contributed by atoms with Gasteiger partial charge in [0.2, 0.25) is 5.91 Å². The van der Waals surface area contributed by atoms with Gasteiger partial charge in [-0.2, -0.15) is 0 Å². The summed E-state index contributed by atoms with van der Waals surface area (Å²) in [6.45, 7) is 6.38. The number of amides is 1. The lowest BCUT2D eigenvalue weighted by molar-refractivity contribution is -0.122.